The van der Waals surface area contributed by atoms with E-state index in [1.807, 2.05) is 74.5 Å². The molecule has 0 aliphatic carbocycles. The van der Waals surface area contributed by atoms with Gasteiger partial charge in [-0.3, -0.25) is 9.13 Å². The van der Waals surface area contributed by atoms with E-state index < -0.39 is 0 Å². The Morgan fingerprint density at radius 3 is 1.33 bits per heavy atom. The van der Waals surface area contributed by atoms with Gasteiger partial charge in [-0.2, -0.15) is 0 Å². The van der Waals surface area contributed by atoms with Crippen molar-refractivity contribution in [2.75, 3.05) is 39.4 Å². The topological polar surface area (TPSA) is 94.7 Å². The third kappa shape index (κ3) is 14.0. The first kappa shape index (κ1) is 39.5. The number of halogens is 2. The van der Waals surface area contributed by atoms with E-state index in [-0.39, 0.29) is 53.9 Å². The first-order valence-electron chi connectivity index (χ1n) is 13.5. The van der Waals surface area contributed by atoms with Crippen molar-refractivity contribution in [3.8, 4) is 11.5 Å². The van der Waals surface area contributed by atoms with Gasteiger partial charge in [-0.15, -0.1) is 0 Å². The number of aromatic nitrogens is 4. The van der Waals surface area contributed by atoms with Crippen molar-refractivity contribution in [1.29, 1.82) is 0 Å². The Bertz CT molecular complexity index is 1140. The predicted octanol–water partition coefficient (Wildman–Crippen LogP) is -0.710. The van der Waals surface area contributed by atoms with Gasteiger partial charge >= 0.3 is 29.1 Å². The van der Waals surface area contributed by atoms with Gasteiger partial charge < -0.3 is 44.1 Å². The number of nitrogens with zero attached hydrogens (tertiary/aromatic N) is 6. The molecule has 2 amide bonds. The summed E-state index contributed by atoms with van der Waals surface area (Å²) >= 11 is 0. The number of imidazole rings is 2. The fourth-order valence-electron chi connectivity index (χ4n) is 3.80. The van der Waals surface area contributed by atoms with Gasteiger partial charge in [0.2, 0.25) is 0 Å². The third-order valence-corrected chi connectivity index (χ3v) is 5.72. The van der Waals surface area contributed by atoms with Crippen LogP contribution < -0.4 is 34.3 Å². The van der Waals surface area contributed by atoms with Crippen LogP contribution in [0, 0.1) is 0 Å². The fourth-order valence-corrected chi connectivity index (χ4v) is 3.80. The second-order valence-electron chi connectivity index (χ2n) is 8.80. The first-order valence-corrected chi connectivity index (χ1v) is 13.5. The molecule has 0 fully saturated rings. The average molecular weight is 681 g/mol. The van der Waals surface area contributed by atoms with Crippen molar-refractivity contribution in [3.63, 3.8) is 0 Å². The largest absolute Gasteiger partial charge is 2.00 e. The molecule has 10 nitrogen and oxygen atoms in total. The molecule has 0 spiro atoms. The zero-order valence-corrected chi connectivity index (χ0v) is 26.7. The number of carbonyl (C=O) groups is 2. The summed E-state index contributed by atoms with van der Waals surface area (Å²) in [4.78, 5) is 35.8. The van der Waals surface area contributed by atoms with E-state index in [0.717, 1.165) is 24.3 Å². The molecule has 1 radical (unpaired) electrons. The molecular formula is C30H38Cl2CuN6O4. The molecular weight excluding hydrogens is 643 g/mol. The number of benzene rings is 2. The van der Waals surface area contributed by atoms with E-state index in [4.69, 9.17) is 9.47 Å². The van der Waals surface area contributed by atoms with Gasteiger partial charge in [-0.25, -0.2) is 19.6 Å². The van der Waals surface area contributed by atoms with Gasteiger partial charge in [-0.1, -0.05) is 50.2 Å². The fraction of sp³-hybridized carbons (Fsp3) is 0.333. The molecule has 237 valence electrons. The van der Waals surface area contributed by atoms with E-state index in [1.165, 1.54) is 21.8 Å². The standard InChI is InChI=1S/2C15H19N3O2.2ClH.Cu/c2*1-2-9-17(15(19)18-10-8-16-13-18)11-12-20-14-6-4-3-5-7-14;;;/h2*3-8,10,13H,2,9,11-12H2,1H3;2*1H;/q;;;;+2/p-2. The number of ether oxygens (including phenoxy) is 2. The SMILES string of the molecule is CCCN(CCOc1ccccc1)C(=O)n1ccnc1.CCCN(CCOc1ccccc1)C(=O)n1ccnc1.[Cl-].[Cl-].[Cu+2]. The Morgan fingerprint density at radius 2 is 1.02 bits per heavy atom. The van der Waals surface area contributed by atoms with Gasteiger partial charge in [0, 0.05) is 37.9 Å². The van der Waals surface area contributed by atoms with E-state index in [9.17, 15) is 9.59 Å². The van der Waals surface area contributed by atoms with Crippen LogP contribution in [-0.4, -0.2) is 80.4 Å². The van der Waals surface area contributed by atoms with E-state index >= 15 is 0 Å². The molecule has 0 saturated heterocycles. The molecule has 4 rings (SSSR count). The number of hydrogen-bond donors (Lipinski definition) is 0. The maximum atomic E-state index is 12.2. The zero-order valence-electron chi connectivity index (χ0n) is 24.3. The molecule has 2 aromatic carbocycles. The van der Waals surface area contributed by atoms with Crippen LogP contribution >= 0.6 is 0 Å². The molecule has 0 bridgehead atoms. The smallest absolute Gasteiger partial charge is 1.00 e. The molecule has 0 saturated carbocycles. The molecule has 0 N–H and O–H groups in total. The Hall–Kier alpha value is -3.50. The van der Waals surface area contributed by atoms with Gasteiger partial charge in [-0.05, 0) is 37.1 Å². The Labute approximate surface area is 276 Å². The molecule has 4 aromatic rings. The van der Waals surface area contributed by atoms with Gasteiger partial charge in [0.05, 0.1) is 13.1 Å². The quantitative estimate of drug-likeness (QED) is 0.184. The summed E-state index contributed by atoms with van der Waals surface area (Å²) < 4.78 is 14.2. The first-order chi connectivity index (χ1) is 19.6. The average Bonchev–Trinajstić information content (AvgIpc) is 3.73. The maximum absolute atomic E-state index is 12.2. The molecule has 0 atom stereocenters. The van der Waals surface area contributed by atoms with Crippen LogP contribution in [0.5, 0.6) is 11.5 Å². The molecule has 2 heterocycles. The van der Waals surface area contributed by atoms with Crippen LogP contribution in [0.3, 0.4) is 0 Å². The van der Waals surface area contributed by atoms with Crippen molar-refractivity contribution >= 4 is 12.1 Å². The van der Waals surface area contributed by atoms with Crippen LogP contribution in [-0.2, 0) is 17.1 Å². The third-order valence-electron chi connectivity index (χ3n) is 5.72. The van der Waals surface area contributed by atoms with Crippen molar-refractivity contribution < 1.29 is 60.9 Å². The summed E-state index contributed by atoms with van der Waals surface area (Å²) in [6.45, 7) is 7.57. The van der Waals surface area contributed by atoms with Crippen LogP contribution in [0.1, 0.15) is 26.7 Å². The van der Waals surface area contributed by atoms with Gasteiger partial charge in [0.1, 0.15) is 37.4 Å². The minimum atomic E-state index is -0.0685. The molecule has 2 aromatic heterocycles. The number of amides is 2. The van der Waals surface area contributed by atoms with Gasteiger partial charge in [0.15, 0.2) is 0 Å². The summed E-state index contributed by atoms with van der Waals surface area (Å²) in [5.41, 5.74) is 0. The number of rotatable bonds is 12. The molecule has 13 heteroatoms. The summed E-state index contributed by atoms with van der Waals surface area (Å²) in [7, 11) is 0. The van der Waals surface area contributed by atoms with Crippen molar-refractivity contribution in [3.05, 3.63) is 98.1 Å². The molecule has 0 aliphatic rings. The normalized spacial score (nSPS) is 9.53. The number of hydrogen-bond acceptors (Lipinski definition) is 6. The predicted molar refractivity (Wildman–Crippen MR) is 154 cm³/mol. The Balaban J connectivity index is 0.000000767. The Kier molecular flexibility index (Phi) is 21.1. The summed E-state index contributed by atoms with van der Waals surface area (Å²) in [5.74, 6) is 1.64. The van der Waals surface area contributed by atoms with Crippen LogP contribution in [0.25, 0.3) is 0 Å². The zero-order chi connectivity index (χ0) is 28.4. The van der Waals surface area contributed by atoms with Gasteiger partial charge in [0.25, 0.3) is 0 Å². The van der Waals surface area contributed by atoms with Crippen molar-refractivity contribution in [2.24, 2.45) is 0 Å². The van der Waals surface area contributed by atoms with E-state index in [0.29, 0.717) is 39.4 Å². The van der Waals surface area contributed by atoms with Crippen LogP contribution in [0.4, 0.5) is 9.59 Å². The second-order valence-corrected chi connectivity index (χ2v) is 8.80. The minimum Gasteiger partial charge on any atom is -1.00 e. The second kappa shape index (κ2) is 23.0. The monoisotopic (exact) mass is 679 g/mol. The summed E-state index contributed by atoms with van der Waals surface area (Å²) in [6.07, 6.45) is 11.4. The molecule has 0 aliphatic heterocycles. The molecule has 43 heavy (non-hydrogen) atoms. The molecule has 0 unspecified atom stereocenters. The minimum absolute atomic E-state index is 0. The van der Waals surface area contributed by atoms with Crippen LogP contribution in [0.2, 0.25) is 0 Å². The van der Waals surface area contributed by atoms with Crippen LogP contribution in [0.15, 0.2) is 98.1 Å². The maximum Gasteiger partial charge on any atom is 2.00 e. The summed E-state index contributed by atoms with van der Waals surface area (Å²) in [5, 5.41) is 0. The summed E-state index contributed by atoms with van der Waals surface area (Å²) in [6, 6.07) is 19.1. The number of carbonyl (C=O) groups excluding carboxylic acids is 2. The van der Waals surface area contributed by atoms with Crippen molar-refractivity contribution in [2.45, 2.75) is 26.7 Å². The van der Waals surface area contributed by atoms with E-state index in [1.54, 1.807) is 34.6 Å². The van der Waals surface area contributed by atoms with Crippen molar-refractivity contribution in [1.82, 2.24) is 28.9 Å². The van der Waals surface area contributed by atoms with E-state index in [2.05, 4.69) is 9.97 Å². The number of para-hydroxylation sites is 2. The Morgan fingerprint density at radius 1 is 0.651 bits per heavy atom.